The summed E-state index contributed by atoms with van der Waals surface area (Å²) in [4.78, 5) is 2.51. The van der Waals surface area contributed by atoms with Gasteiger partial charge in [-0.05, 0) is 100 Å². The normalized spacial score (nSPS) is 14.7. The molecule has 0 atom stereocenters. The van der Waals surface area contributed by atoms with Crippen molar-refractivity contribution in [3.63, 3.8) is 0 Å². The van der Waals surface area contributed by atoms with Gasteiger partial charge in [0.25, 0.3) is 0 Å². The Morgan fingerprint density at radius 2 is 1.24 bits per heavy atom. The summed E-state index contributed by atoms with van der Waals surface area (Å²) >= 11 is 0. The first kappa shape index (κ1) is 25.1. The Kier molecular flexibility index (Phi) is 5.82. The van der Waals surface area contributed by atoms with Crippen LogP contribution < -0.4 is 4.90 Å². The van der Waals surface area contributed by atoms with Crippen molar-refractivity contribution in [3.05, 3.63) is 150 Å². The summed E-state index contributed by atoms with van der Waals surface area (Å²) in [6.45, 7) is 4.77. The molecule has 6 aromatic rings. The molecule has 0 aliphatic heterocycles. The minimum Gasteiger partial charge on any atom is -0.309 e. The van der Waals surface area contributed by atoms with Crippen molar-refractivity contribution >= 4 is 27.8 Å². The number of rotatable bonds is 4. The summed E-state index contributed by atoms with van der Waals surface area (Å²) in [7, 11) is 0. The number of para-hydroxylation sites is 1. The maximum atomic E-state index is 2.52. The van der Waals surface area contributed by atoms with Gasteiger partial charge >= 0.3 is 0 Å². The molecule has 0 spiro atoms. The SMILES string of the molecule is CC1(C)c2ccccc2-c2cc(-c3cccc4c3CCCC4)c(N(c3ccccc3)c3cccc4ccccc34)cc21. The minimum absolute atomic E-state index is 0.0869. The van der Waals surface area contributed by atoms with E-state index in [0.717, 1.165) is 6.42 Å². The second-order valence-electron chi connectivity index (χ2n) is 12.4. The van der Waals surface area contributed by atoms with Crippen LogP contribution in [0.4, 0.5) is 17.1 Å². The highest BCUT2D eigenvalue weighted by atomic mass is 15.1. The maximum absolute atomic E-state index is 2.52. The fourth-order valence-corrected chi connectivity index (χ4v) is 7.56. The van der Waals surface area contributed by atoms with Gasteiger partial charge in [-0.1, -0.05) is 111 Å². The monoisotopic (exact) mass is 541 g/mol. The van der Waals surface area contributed by atoms with Crippen molar-refractivity contribution in [3.8, 4) is 22.3 Å². The quantitative estimate of drug-likeness (QED) is 0.214. The molecule has 0 bridgehead atoms. The third-order valence-corrected chi connectivity index (χ3v) is 9.65. The summed E-state index contributed by atoms with van der Waals surface area (Å²) in [5, 5.41) is 2.51. The maximum Gasteiger partial charge on any atom is 0.0543 e. The van der Waals surface area contributed by atoms with Crippen LogP contribution >= 0.6 is 0 Å². The van der Waals surface area contributed by atoms with Gasteiger partial charge in [-0.2, -0.15) is 0 Å². The molecule has 1 nitrogen and oxygen atoms in total. The summed E-state index contributed by atoms with van der Waals surface area (Å²) < 4.78 is 0. The molecule has 0 N–H and O–H groups in total. The number of nitrogens with zero attached hydrogens (tertiary/aromatic N) is 1. The van der Waals surface area contributed by atoms with Crippen molar-refractivity contribution in [2.45, 2.75) is 44.9 Å². The molecular formula is C41H35N. The molecule has 0 amide bonds. The zero-order valence-electron chi connectivity index (χ0n) is 24.4. The molecule has 0 heterocycles. The van der Waals surface area contributed by atoms with Crippen LogP contribution in [0.1, 0.15) is 48.9 Å². The lowest BCUT2D eigenvalue weighted by Crippen LogP contribution is -2.17. The van der Waals surface area contributed by atoms with Crippen LogP contribution in [0.3, 0.4) is 0 Å². The van der Waals surface area contributed by atoms with Crippen molar-refractivity contribution in [2.75, 3.05) is 4.90 Å². The van der Waals surface area contributed by atoms with E-state index in [4.69, 9.17) is 0 Å². The average Bonchev–Trinajstić information content (AvgIpc) is 3.27. The molecule has 204 valence electrons. The van der Waals surface area contributed by atoms with E-state index in [-0.39, 0.29) is 5.41 Å². The number of aryl methyl sites for hydroxylation is 1. The third-order valence-electron chi connectivity index (χ3n) is 9.65. The summed E-state index contributed by atoms with van der Waals surface area (Å²) in [6.07, 6.45) is 4.85. The highest BCUT2D eigenvalue weighted by Crippen LogP contribution is 2.54. The van der Waals surface area contributed by atoms with Gasteiger partial charge in [0.1, 0.15) is 0 Å². The predicted octanol–water partition coefficient (Wildman–Crippen LogP) is 11.2. The summed E-state index contributed by atoms with van der Waals surface area (Å²) in [5.74, 6) is 0. The van der Waals surface area contributed by atoms with E-state index in [9.17, 15) is 0 Å². The first-order valence-electron chi connectivity index (χ1n) is 15.3. The Labute approximate surface area is 249 Å². The molecule has 2 aliphatic carbocycles. The molecule has 0 saturated carbocycles. The minimum atomic E-state index is -0.0869. The van der Waals surface area contributed by atoms with Gasteiger partial charge < -0.3 is 4.90 Å². The van der Waals surface area contributed by atoms with E-state index in [1.54, 1.807) is 0 Å². The Bertz CT molecular complexity index is 1960. The molecule has 42 heavy (non-hydrogen) atoms. The van der Waals surface area contributed by atoms with Crippen LogP contribution in [0.5, 0.6) is 0 Å². The second kappa shape index (κ2) is 9.74. The smallest absolute Gasteiger partial charge is 0.0543 e. The van der Waals surface area contributed by atoms with Crippen LogP contribution in [0.2, 0.25) is 0 Å². The molecule has 0 unspecified atom stereocenters. The summed E-state index contributed by atoms with van der Waals surface area (Å²) in [6, 6.07) is 47.4. The van der Waals surface area contributed by atoms with E-state index in [0.29, 0.717) is 0 Å². The van der Waals surface area contributed by atoms with Crippen LogP contribution in [0.15, 0.2) is 127 Å². The fourth-order valence-electron chi connectivity index (χ4n) is 7.56. The molecule has 0 radical (unpaired) electrons. The largest absolute Gasteiger partial charge is 0.309 e. The van der Waals surface area contributed by atoms with Crippen molar-refractivity contribution in [2.24, 2.45) is 0 Å². The van der Waals surface area contributed by atoms with Crippen molar-refractivity contribution < 1.29 is 0 Å². The molecular weight excluding hydrogens is 506 g/mol. The first-order valence-corrected chi connectivity index (χ1v) is 15.3. The number of benzene rings is 6. The number of hydrogen-bond donors (Lipinski definition) is 0. The van der Waals surface area contributed by atoms with Gasteiger partial charge in [0.05, 0.1) is 11.4 Å². The van der Waals surface area contributed by atoms with Crippen LogP contribution in [-0.2, 0) is 18.3 Å². The number of hydrogen-bond acceptors (Lipinski definition) is 1. The summed E-state index contributed by atoms with van der Waals surface area (Å²) in [5.41, 5.74) is 14.8. The average molecular weight is 542 g/mol. The highest BCUT2D eigenvalue weighted by molar-refractivity contribution is 6.02. The molecule has 0 fully saturated rings. The van der Waals surface area contributed by atoms with E-state index in [2.05, 4.69) is 146 Å². The van der Waals surface area contributed by atoms with E-state index >= 15 is 0 Å². The molecule has 0 aromatic heterocycles. The molecule has 8 rings (SSSR count). The molecule has 0 saturated heterocycles. The van der Waals surface area contributed by atoms with Crippen molar-refractivity contribution in [1.29, 1.82) is 0 Å². The van der Waals surface area contributed by atoms with Gasteiger partial charge in [-0.25, -0.2) is 0 Å². The standard InChI is InChI=1S/C41H35N/c1-41(2)37-24-11-10-22-34(37)35-26-36(33-23-12-16-28-14-6-8-20-31(28)33)40(27-38(35)41)42(30-18-4-3-5-19-30)39-25-13-17-29-15-7-9-21-32(29)39/h3-5,7,9-13,15-19,21-27H,6,8,14,20H2,1-2H3. The fraction of sp³-hybridized carbons (Fsp3) is 0.171. The van der Waals surface area contributed by atoms with Gasteiger partial charge in [0.15, 0.2) is 0 Å². The Morgan fingerprint density at radius 1 is 0.524 bits per heavy atom. The highest BCUT2D eigenvalue weighted by Gasteiger charge is 2.37. The zero-order valence-corrected chi connectivity index (χ0v) is 24.4. The van der Waals surface area contributed by atoms with Gasteiger partial charge in [0, 0.05) is 22.1 Å². The van der Waals surface area contributed by atoms with Gasteiger partial charge in [0.2, 0.25) is 0 Å². The second-order valence-corrected chi connectivity index (χ2v) is 12.4. The van der Waals surface area contributed by atoms with Crippen LogP contribution in [0, 0.1) is 0 Å². The molecule has 2 aliphatic rings. The molecule has 6 aromatic carbocycles. The van der Waals surface area contributed by atoms with Crippen molar-refractivity contribution in [1.82, 2.24) is 0 Å². The lowest BCUT2D eigenvalue weighted by atomic mass is 9.80. The third kappa shape index (κ3) is 3.84. The Balaban J connectivity index is 1.49. The van der Waals surface area contributed by atoms with Crippen LogP contribution in [-0.4, -0.2) is 0 Å². The number of fused-ring (bicyclic) bond motifs is 5. The van der Waals surface area contributed by atoms with Gasteiger partial charge in [-0.15, -0.1) is 0 Å². The van der Waals surface area contributed by atoms with E-state index in [1.807, 2.05) is 0 Å². The predicted molar refractivity (Wildman–Crippen MR) is 178 cm³/mol. The Morgan fingerprint density at radius 3 is 2.14 bits per heavy atom. The topological polar surface area (TPSA) is 3.24 Å². The zero-order chi connectivity index (χ0) is 28.3. The lowest BCUT2D eigenvalue weighted by molar-refractivity contribution is 0.660. The number of anilines is 3. The van der Waals surface area contributed by atoms with E-state index < -0.39 is 0 Å². The lowest BCUT2D eigenvalue weighted by Gasteiger charge is -2.32. The molecule has 1 heteroatoms. The Hall–Kier alpha value is -4.62. The van der Waals surface area contributed by atoms with E-state index in [1.165, 1.54) is 91.6 Å². The van der Waals surface area contributed by atoms with Crippen LogP contribution in [0.25, 0.3) is 33.0 Å². The first-order chi connectivity index (χ1) is 20.6. The van der Waals surface area contributed by atoms with Gasteiger partial charge in [-0.3, -0.25) is 0 Å².